The molecule has 2 heterocycles. The number of carboxylic acids is 1. The lowest BCUT2D eigenvalue weighted by Gasteiger charge is -2.32. The molecular formula is C36H40N6O6S. The van der Waals surface area contributed by atoms with E-state index < -0.39 is 22.0 Å². The molecule has 1 atom stereocenters. The van der Waals surface area contributed by atoms with Crippen LogP contribution < -0.4 is 0 Å². The summed E-state index contributed by atoms with van der Waals surface area (Å²) in [5.74, 6) is -0.565. The van der Waals surface area contributed by atoms with Gasteiger partial charge in [0, 0.05) is 31.9 Å². The second-order valence-electron chi connectivity index (χ2n) is 12.1. The zero-order valence-electron chi connectivity index (χ0n) is 27.9. The van der Waals surface area contributed by atoms with E-state index in [1.807, 2.05) is 32.0 Å². The number of carboxylic acid groups (broad SMARTS) is 1. The number of rotatable bonds is 15. The summed E-state index contributed by atoms with van der Waals surface area (Å²) in [4.78, 5) is 20.3. The average Bonchev–Trinajstić information content (AvgIpc) is 3.39. The topological polar surface area (TPSA) is 160 Å². The Morgan fingerprint density at radius 1 is 0.980 bits per heavy atom. The molecule has 0 fully saturated rings. The first-order valence-corrected chi connectivity index (χ1v) is 17.4. The fourth-order valence-electron chi connectivity index (χ4n) is 5.58. The highest BCUT2D eigenvalue weighted by molar-refractivity contribution is 7.89. The summed E-state index contributed by atoms with van der Waals surface area (Å²) in [5.41, 5.74) is 3.94. The van der Waals surface area contributed by atoms with Crippen LogP contribution in [0.4, 0.5) is 11.4 Å². The van der Waals surface area contributed by atoms with Crippen LogP contribution in [0.3, 0.4) is 0 Å². The third-order valence-electron chi connectivity index (χ3n) is 8.04. The van der Waals surface area contributed by atoms with Crippen LogP contribution in [0.1, 0.15) is 54.5 Å². The number of sulfonamides is 1. The van der Waals surface area contributed by atoms with Gasteiger partial charge in [-0.05, 0) is 85.8 Å². The molecule has 5 rings (SSSR count). The summed E-state index contributed by atoms with van der Waals surface area (Å²) < 4.78 is 38.1. The normalized spacial score (nSPS) is 12.8. The molecule has 256 valence electrons. The molecule has 0 saturated carbocycles. The smallest absolute Gasteiger partial charge is 0.339 e. The number of carbonyl (C=O) groups is 1. The van der Waals surface area contributed by atoms with Gasteiger partial charge in [0.1, 0.15) is 22.7 Å². The number of nitrogens with zero attached hydrogens (tertiary/aromatic N) is 6. The monoisotopic (exact) mass is 684 g/mol. The van der Waals surface area contributed by atoms with Crippen molar-refractivity contribution in [1.29, 1.82) is 0 Å². The van der Waals surface area contributed by atoms with Crippen LogP contribution in [0.5, 0.6) is 5.75 Å². The molecule has 2 aromatic heterocycles. The van der Waals surface area contributed by atoms with Crippen molar-refractivity contribution in [3.8, 4) is 5.75 Å². The Hall–Kier alpha value is -4.98. The summed E-state index contributed by atoms with van der Waals surface area (Å²) in [6.45, 7) is 9.31. The van der Waals surface area contributed by atoms with Crippen molar-refractivity contribution in [2.45, 2.75) is 58.1 Å². The van der Waals surface area contributed by atoms with E-state index in [0.29, 0.717) is 25.3 Å². The SMILES string of the molecule is CCOC[C@H](CC(C)C)N(Cc1ccc(N=Nc2ccc(O)c(C(=O)O)c2)cc1)S(=O)(=O)c1ccc(Cn2c(C)nc3cnccc32)cc1. The molecule has 0 radical (unpaired) electrons. The largest absolute Gasteiger partial charge is 0.507 e. The molecule has 13 heteroatoms. The van der Waals surface area contributed by atoms with E-state index in [0.717, 1.165) is 28.0 Å². The minimum Gasteiger partial charge on any atom is -0.507 e. The summed E-state index contributed by atoms with van der Waals surface area (Å²) >= 11 is 0. The van der Waals surface area contributed by atoms with Gasteiger partial charge in [-0.2, -0.15) is 14.5 Å². The Kier molecular flexibility index (Phi) is 11.2. The molecule has 0 bridgehead atoms. The number of aryl methyl sites for hydroxylation is 1. The maximum Gasteiger partial charge on any atom is 0.339 e. The fourth-order valence-corrected chi connectivity index (χ4v) is 7.19. The van der Waals surface area contributed by atoms with Gasteiger partial charge in [0.15, 0.2) is 0 Å². The Morgan fingerprint density at radius 2 is 1.65 bits per heavy atom. The van der Waals surface area contributed by atoms with Crippen LogP contribution in [0.25, 0.3) is 11.0 Å². The van der Waals surface area contributed by atoms with Crippen LogP contribution in [-0.2, 0) is 27.8 Å². The number of phenols is 1. The highest BCUT2D eigenvalue weighted by atomic mass is 32.2. The number of pyridine rings is 1. The van der Waals surface area contributed by atoms with Crippen LogP contribution in [0.2, 0.25) is 0 Å². The third kappa shape index (κ3) is 8.55. The van der Waals surface area contributed by atoms with Gasteiger partial charge in [-0.3, -0.25) is 4.98 Å². The van der Waals surface area contributed by atoms with Crippen LogP contribution in [0, 0.1) is 12.8 Å². The van der Waals surface area contributed by atoms with Crippen molar-refractivity contribution >= 4 is 38.4 Å². The molecule has 49 heavy (non-hydrogen) atoms. The van der Waals surface area contributed by atoms with Gasteiger partial charge >= 0.3 is 5.97 Å². The van der Waals surface area contributed by atoms with E-state index >= 15 is 0 Å². The number of fused-ring (bicyclic) bond motifs is 1. The predicted octanol–water partition coefficient (Wildman–Crippen LogP) is 7.25. The molecule has 0 aliphatic rings. The average molecular weight is 685 g/mol. The number of ether oxygens (including phenoxy) is 1. The first-order valence-electron chi connectivity index (χ1n) is 16.0. The minimum atomic E-state index is -3.95. The van der Waals surface area contributed by atoms with Crippen molar-refractivity contribution in [3.63, 3.8) is 0 Å². The van der Waals surface area contributed by atoms with Crippen molar-refractivity contribution in [3.05, 3.63) is 108 Å². The number of aromatic nitrogens is 3. The van der Waals surface area contributed by atoms with Gasteiger partial charge in [-0.15, -0.1) is 0 Å². The molecule has 0 aliphatic heterocycles. The predicted molar refractivity (Wildman–Crippen MR) is 186 cm³/mol. The molecular weight excluding hydrogens is 644 g/mol. The number of azo groups is 1. The molecule has 0 saturated heterocycles. The highest BCUT2D eigenvalue weighted by Gasteiger charge is 2.32. The molecule has 12 nitrogen and oxygen atoms in total. The second kappa shape index (κ2) is 15.5. The fraction of sp³-hybridized carbons (Fsp3) is 0.306. The Labute approximate surface area is 285 Å². The zero-order chi connectivity index (χ0) is 35.1. The molecule has 0 aliphatic carbocycles. The number of aromatic carboxylic acids is 1. The quantitative estimate of drug-likeness (QED) is 0.109. The maximum absolute atomic E-state index is 14.4. The molecule has 0 amide bonds. The first-order chi connectivity index (χ1) is 23.5. The molecule has 0 spiro atoms. The lowest BCUT2D eigenvalue weighted by atomic mass is 10.0. The molecule has 2 N–H and O–H groups in total. The minimum absolute atomic E-state index is 0.111. The summed E-state index contributed by atoms with van der Waals surface area (Å²) in [6, 6.07) is 19.5. The number of imidazole rings is 1. The Morgan fingerprint density at radius 3 is 2.33 bits per heavy atom. The van der Waals surface area contributed by atoms with Gasteiger partial charge in [-0.1, -0.05) is 38.1 Å². The van der Waals surface area contributed by atoms with Gasteiger partial charge in [0.05, 0.1) is 34.6 Å². The zero-order valence-corrected chi connectivity index (χ0v) is 28.7. The van der Waals surface area contributed by atoms with Crippen LogP contribution in [0.15, 0.2) is 100 Å². The lowest BCUT2D eigenvalue weighted by molar-refractivity contribution is 0.0693. The van der Waals surface area contributed by atoms with E-state index in [4.69, 9.17) is 4.74 Å². The van der Waals surface area contributed by atoms with Gasteiger partial charge in [0.25, 0.3) is 0 Å². The summed E-state index contributed by atoms with van der Waals surface area (Å²) in [5, 5.41) is 27.3. The van der Waals surface area contributed by atoms with E-state index in [1.54, 1.807) is 48.8 Å². The van der Waals surface area contributed by atoms with Crippen molar-refractivity contribution < 1.29 is 28.2 Å². The summed E-state index contributed by atoms with van der Waals surface area (Å²) in [7, 11) is -3.95. The van der Waals surface area contributed by atoms with Crippen molar-refractivity contribution in [2.75, 3.05) is 13.2 Å². The Bertz CT molecular complexity index is 2040. The van der Waals surface area contributed by atoms with Gasteiger partial charge in [-0.25, -0.2) is 18.2 Å². The number of aromatic hydroxyl groups is 1. The number of benzene rings is 3. The van der Waals surface area contributed by atoms with Gasteiger partial charge in [0.2, 0.25) is 10.0 Å². The van der Waals surface area contributed by atoms with Crippen molar-refractivity contribution in [2.24, 2.45) is 16.1 Å². The standard InChI is InChI=1S/C36H40N6O6S/c1-5-48-23-30(18-24(2)3)42(22-27-6-10-28(11-7-27)39-40-29-12-15-35(43)32(19-29)36(44)45)49(46,47)31-13-8-26(9-14-31)21-41-25(4)38-33-20-37-17-16-34(33)41/h6-17,19-20,24,30,43H,5,18,21-23H2,1-4H3,(H,44,45)/t30-/m0/s1. The highest BCUT2D eigenvalue weighted by Crippen LogP contribution is 2.28. The Balaban J connectivity index is 1.40. The molecule has 5 aromatic rings. The maximum atomic E-state index is 14.4. The number of hydrogen-bond acceptors (Lipinski definition) is 9. The van der Waals surface area contributed by atoms with E-state index in [2.05, 4.69) is 38.6 Å². The molecule has 0 unspecified atom stereocenters. The third-order valence-corrected chi connectivity index (χ3v) is 9.96. The van der Waals surface area contributed by atoms with Crippen LogP contribution in [-0.4, -0.2) is 62.7 Å². The van der Waals surface area contributed by atoms with Crippen LogP contribution >= 0.6 is 0 Å². The summed E-state index contributed by atoms with van der Waals surface area (Å²) in [6.07, 6.45) is 4.07. The van der Waals surface area contributed by atoms with E-state index in [1.165, 1.54) is 22.5 Å². The number of hydrogen-bond donors (Lipinski definition) is 2. The van der Waals surface area contributed by atoms with E-state index in [9.17, 15) is 23.4 Å². The van der Waals surface area contributed by atoms with E-state index in [-0.39, 0.29) is 41.0 Å². The van der Waals surface area contributed by atoms with Crippen molar-refractivity contribution in [1.82, 2.24) is 18.8 Å². The lowest BCUT2D eigenvalue weighted by Crippen LogP contribution is -2.43. The molecule has 3 aromatic carbocycles. The second-order valence-corrected chi connectivity index (χ2v) is 14.0. The first kappa shape index (κ1) is 35.3. The van der Waals surface area contributed by atoms with Gasteiger partial charge < -0.3 is 19.5 Å².